The van der Waals surface area contributed by atoms with Gasteiger partial charge in [0.1, 0.15) is 11.3 Å². The van der Waals surface area contributed by atoms with Crippen LogP contribution in [0.3, 0.4) is 0 Å². The fourth-order valence-corrected chi connectivity index (χ4v) is 10.1. The average molecular weight is 809 g/mol. The van der Waals surface area contributed by atoms with Gasteiger partial charge in [0.25, 0.3) is 11.8 Å². The maximum absolute atomic E-state index is 15.4. The van der Waals surface area contributed by atoms with Gasteiger partial charge in [0, 0.05) is 22.1 Å². The van der Waals surface area contributed by atoms with E-state index in [1.807, 2.05) is 30.3 Å². The second-order valence-electron chi connectivity index (χ2n) is 15.3. The number of rotatable bonds is 7. The first-order chi connectivity index (χ1) is 28.6. The van der Waals surface area contributed by atoms with Crippen LogP contribution in [0.2, 0.25) is 5.02 Å². The number of amides is 4. The van der Waals surface area contributed by atoms with Crippen molar-refractivity contribution in [3.8, 4) is 23.0 Å². The smallest absolute Gasteiger partial charge is 0.260 e. The van der Waals surface area contributed by atoms with Crippen LogP contribution in [0.4, 0.5) is 15.8 Å². The van der Waals surface area contributed by atoms with Crippen molar-refractivity contribution in [3.63, 3.8) is 0 Å². The molecule has 2 aliphatic heterocycles. The number of aromatic nitrogens is 1. The van der Waals surface area contributed by atoms with E-state index in [0.29, 0.717) is 55.7 Å². The Hall–Kier alpha value is -6.79. The number of nitrogens with zero attached hydrogens (tertiary/aromatic N) is 3. The summed E-state index contributed by atoms with van der Waals surface area (Å²) in [4.78, 5) is 65.2. The van der Waals surface area contributed by atoms with Gasteiger partial charge in [0.15, 0.2) is 17.1 Å². The largest absolute Gasteiger partial charge is 0.504 e. The number of anilines is 2. The molecule has 0 spiro atoms. The monoisotopic (exact) mass is 808 g/mol. The van der Waals surface area contributed by atoms with Gasteiger partial charge < -0.3 is 14.3 Å². The molecule has 6 aromatic rings. The van der Waals surface area contributed by atoms with E-state index in [-0.39, 0.29) is 30.2 Å². The Labute approximate surface area is 341 Å². The number of benzene rings is 5. The molecule has 5 aromatic carbocycles. The number of oxazole rings is 1. The van der Waals surface area contributed by atoms with E-state index in [2.05, 4.69) is 10.4 Å². The van der Waals surface area contributed by atoms with Gasteiger partial charge in [-0.1, -0.05) is 59.6 Å². The lowest BCUT2D eigenvalue weighted by molar-refractivity contribution is -0.138. The zero-order valence-electron chi connectivity index (χ0n) is 31.3. The fraction of sp³-hybridized carbons (Fsp3) is 0.196. The first-order valence-electron chi connectivity index (χ1n) is 19.2. The summed E-state index contributed by atoms with van der Waals surface area (Å²) < 4.78 is 25.4. The van der Waals surface area contributed by atoms with E-state index >= 15 is 4.79 Å². The first kappa shape index (κ1) is 36.5. The van der Waals surface area contributed by atoms with Crippen molar-refractivity contribution >= 4 is 57.7 Å². The SMILES string of the molecule is COc1cccc([C@H]2C3=CC[C@@H]4C(=O)N(c5ccc(-c6nc7ccccc7o6)cc5)C(=O)[C@@H]4[C@@H]3C[C@H]3C(=O)N(Nc4ccc(F)cc4)C(=O)[C@@]23c2ccc(Cl)cc2)c1O. The number of para-hydroxylation sites is 3. The summed E-state index contributed by atoms with van der Waals surface area (Å²) in [6, 6.07) is 31.2. The molecule has 2 N–H and O–H groups in total. The number of halogens is 2. The second kappa shape index (κ2) is 13.7. The molecule has 0 radical (unpaired) electrons. The summed E-state index contributed by atoms with van der Waals surface area (Å²) in [6.07, 6.45) is 2.12. The molecule has 11 nitrogen and oxygen atoms in total. The Morgan fingerprint density at radius 3 is 2.34 bits per heavy atom. The summed E-state index contributed by atoms with van der Waals surface area (Å²) in [5.41, 5.74) is 5.38. The first-order valence-corrected chi connectivity index (χ1v) is 19.5. The summed E-state index contributed by atoms with van der Waals surface area (Å²) in [5, 5.41) is 13.2. The number of methoxy groups -OCH3 is 1. The normalized spacial score (nSPS) is 24.9. The molecular formula is C46H34ClFN4O7. The molecule has 1 saturated carbocycles. The minimum atomic E-state index is -1.67. The summed E-state index contributed by atoms with van der Waals surface area (Å²) in [7, 11) is 1.42. The Morgan fingerprint density at radius 2 is 1.61 bits per heavy atom. The molecule has 3 fully saturated rings. The topological polar surface area (TPSA) is 142 Å². The molecule has 2 aliphatic carbocycles. The van der Waals surface area contributed by atoms with Crippen molar-refractivity contribution in [2.24, 2.45) is 23.7 Å². The molecule has 59 heavy (non-hydrogen) atoms. The number of fused-ring (bicyclic) bond motifs is 5. The van der Waals surface area contributed by atoms with Gasteiger partial charge in [-0.05, 0) is 103 Å². The van der Waals surface area contributed by atoms with Gasteiger partial charge in [-0.15, -0.1) is 0 Å². The fourth-order valence-electron chi connectivity index (χ4n) is 9.94. The summed E-state index contributed by atoms with van der Waals surface area (Å²) in [6.45, 7) is 0. The standard InChI is InChI=1S/C46H34ClFN4O7/c1-58-37-8-4-5-32(40(37)53)39-30-21-22-31-38(44(56)51(42(31)54)29-19-9-24(10-20-29)41-49-35-6-2-3-7-36(35)59-41)33(30)23-34-43(55)52(50-28-17-15-27(48)16-18-28)45(57)46(34,39)25-11-13-26(47)14-12-25/h2-21,31,33-34,38-39,50,53H,22-23H2,1H3/t31-,33+,34-,38-,39+,46+/m0/s1. The Balaban J connectivity index is 1.09. The van der Waals surface area contributed by atoms with Crippen LogP contribution < -0.4 is 15.1 Å². The number of imide groups is 2. The number of carbonyl (C=O) groups excluding carboxylic acids is 4. The van der Waals surface area contributed by atoms with Crippen LogP contribution in [0.15, 0.2) is 131 Å². The van der Waals surface area contributed by atoms with Crippen LogP contribution in [0, 0.1) is 29.5 Å². The molecule has 294 valence electrons. The highest BCUT2D eigenvalue weighted by Gasteiger charge is 2.70. The number of hydrogen-bond acceptors (Lipinski definition) is 9. The zero-order valence-corrected chi connectivity index (χ0v) is 32.1. The highest BCUT2D eigenvalue weighted by molar-refractivity contribution is 6.30. The minimum absolute atomic E-state index is 0.0343. The number of allylic oxidation sites excluding steroid dienone is 2. The highest BCUT2D eigenvalue weighted by Crippen LogP contribution is 2.65. The van der Waals surface area contributed by atoms with E-state index in [0.717, 1.165) is 5.01 Å². The molecule has 6 atom stereocenters. The summed E-state index contributed by atoms with van der Waals surface area (Å²) >= 11 is 6.39. The van der Waals surface area contributed by atoms with E-state index in [1.54, 1.807) is 66.7 Å². The quantitative estimate of drug-likeness (QED) is 0.121. The lowest BCUT2D eigenvalue weighted by Gasteiger charge is -2.50. The van der Waals surface area contributed by atoms with Crippen LogP contribution >= 0.6 is 11.6 Å². The van der Waals surface area contributed by atoms with Crippen LogP contribution in [0.25, 0.3) is 22.6 Å². The van der Waals surface area contributed by atoms with Crippen molar-refractivity contribution < 1.29 is 37.8 Å². The van der Waals surface area contributed by atoms with Crippen molar-refractivity contribution in [3.05, 3.63) is 149 Å². The van der Waals surface area contributed by atoms with Gasteiger partial charge in [0.05, 0.1) is 41.7 Å². The molecule has 1 aromatic heterocycles. The lowest BCUT2D eigenvalue weighted by atomic mass is 9.49. The maximum atomic E-state index is 15.4. The molecule has 0 unspecified atom stereocenters. The van der Waals surface area contributed by atoms with Gasteiger partial charge >= 0.3 is 0 Å². The Bertz CT molecular complexity index is 2720. The molecular weight excluding hydrogens is 775 g/mol. The average Bonchev–Trinajstić information content (AvgIpc) is 3.86. The number of ether oxygens (including phenoxy) is 1. The predicted octanol–water partition coefficient (Wildman–Crippen LogP) is 8.19. The number of phenols is 1. The third-order valence-corrected chi connectivity index (χ3v) is 12.7. The van der Waals surface area contributed by atoms with Gasteiger partial charge in [-0.3, -0.25) is 29.5 Å². The van der Waals surface area contributed by atoms with Gasteiger partial charge in [-0.25, -0.2) is 9.37 Å². The van der Waals surface area contributed by atoms with E-state index in [4.69, 9.17) is 20.8 Å². The van der Waals surface area contributed by atoms with Crippen LogP contribution in [-0.2, 0) is 24.6 Å². The molecule has 4 aliphatic rings. The van der Waals surface area contributed by atoms with Gasteiger partial charge in [0.2, 0.25) is 17.7 Å². The molecule has 3 heterocycles. The van der Waals surface area contributed by atoms with Crippen LogP contribution in [0.5, 0.6) is 11.5 Å². The number of hydrazine groups is 1. The number of phenolic OH excluding ortho intramolecular Hbond substituents is 1. The van der Waals surface area contributed by atoms with E-state index in [1.165, 1.54) is 36.3 Å². The minimum Gasteiger partial charge on any atom is -0.504 e. The molecule has 2 saturated heterocycles. The van der Waals surface area contributed by atoms with Crippen molar-refractivity contribution in [2.45, 2.75) is 24.2 Å². The maximum Gasteiger partial charge on any atom is 0.260 e. The third-order valence-electron chi connectivity index (χ3n) is 12.5. The zero-order chi connectivity index (χ0) is 40.7. The van der Waals surface area contributed by atoms with Crippen LogP contribution in [0.1, 0.15) is 29.9 Å². The molecule has 13 heteroatoms. The summed E-state index contributed by atoms with van der Waals surface area (Å²) in [5.74, 6) is -6.54. The van der Waals surface area contributed by atoms with Crippen molar-refractivity contribution in [1.29, 1.82) is 0 Å². The number of carbonyl (C=O) groups is 4. The van der Waals surface area contributed by atoms with Crippen molar-refractivity contribution in [2.75, 3.05) is 17.4 Å². The third kappa shape index (κ3) is 5.42. The molecule has 4 amide bonds. The van der Waals surface area contributed by atoms with E-state index < -0.39 is 58.5 Å². The second-order valence-corrected chi connectivity index (χ2v) is 15.8. The predicted molar refractivity (Wildman–Crippen MR) is 216 cm³/mol. The Morgan fingerprint density at radius 1 is 0.864 bits per heavy atom. The Kier molecular flexibility index (Phi) is 8.46. The van der Waals surface area contributed by atoms with Crippen LogP contribution in [-0.4, -0.2) is 45.8 Å². The number of nitrogens with one attached hydrogen (secondary N) is 1. The number of aromatic hydroxyl groups is 1. The molecule has 0 bridgehead atoms. The van der Waals surface area contributed by atoms with Gasteiger partial charge in [-0.2, -0.15) is 5.01 Å². The lowest BCUT2D eigenvalue weighted by Crippen LogP contribution is -2.53. The van der Waals surface area contributed by atoms with Crippen molar-refractivity contribution in [1.82, 2.24) is 9.99 Å². The van der Waals surface area contributed by atoms with E-state index in [9.17, 15) is 23.9 Å². The molecule has 10 rings (SSSR count). The highest BCUT2D eigenvalue weighted by atomic mass is 35.5. The number of hydrogen-bond donors (Lipinski definition) is 2.